The summed E-state index contributed by atoms with van der Waals surface area (Å²) in [6.45, 7) is 5.80. The van der Waals surface area contributed by atoms with Gasteiger partial charge in [-0.1, -0.05) is 12.1 Å². The van der Waals surface area contributed by atoms with Gasteiger partial charge in [0.15, 0.2) is 0 Å². The lowest BCUT2D eigenvalue weighted by atomic mass is 9.97. The van der Waals surface area contributed by atoms with Crippen molar-refractivity contribution in [2.75, 3.05) is 5.73 Å². The van der Waals surface area contributed by atoms with Gasteiger partial charge in [0.25, 0.3) is 0 Å². The first kappa shape index (κ1) is 11.6. The average Bonchev–Trinajstić information content (AvgIpc) is 2.15. The third-order valence-corrected chi connectivity index (χ3v) is 1.96. The second kappa shape index (κ2) is 4.34. The van der Waals surface area contributed by atoms with E-state index in [1.165, 1.54) is 0 Å². The molecule has 0 bridgehead atoms. The molecule has 0 spiro atoms. The van der Waals surface area contributed by atoms with Gasteiger partial charge in [-0.25, -0.2) is 0 Å². The van der Waals surface area contributed by atoms with E-state index < -0.39 is 5.41 Å². The Labute approximate surface area is 90.2 Å². The Morgan fingerprint density at radius 1 is 1.27 bits per heavy atom. The number of anilines is 1. The predicted octanol–water partition coefficient (Wildman–Crippen LogP) is 2.36. The second-order valence-corrected chi connectivity index (χ2v) is 4.57. The van der Waals surface area contributed by atoms with Gasteiger partial charge >= 0.3 is 5.97 Å². The molecule has 0 radical (unpaired) electrons. The quantitative estimate of drug-likeness (QED) is 0.598. The van der Waals surface area contributed by atoms with E-state index >= 15 is 0 Å². The van der Waals surface area contributed by atoms with Gasteiger partial charge in [-0.05, 0) is 38.5 Å². The molecule has 0 aliphatic heterocycles. The molecular weight excluding hydrogens is 190 g/mol. The number of ether oxygens (including phenoxy) is 1. The average molecular weight is 207 g/mol. The summed E-state index contributed by atoms with van der Waals surface area (Å²) in [5.74, 6) is -0.195. The highest BCUT2D eigenvalue weighted by Gasteiger charge is 2.22. The summed E-state index contributed by atoms with van der Waals surface area (Å²) in [7, 11) is 0. The molecule has 0 amide bonds. The number of benzene rings is 1. The standard InChI is InChI=1S/C12H17NO2/c1-12(2,3)11(14)15-8-9-4-6-10(13)7-5-9/h4-7H,8,13H2,1-3H3. The van der Waals surface area contributed by atoms with Crippen molar-refractivity contribution >= 4 is 11.7 Å². The number of rotatable bonds is 2. The highest BCUT2D eigenvalue weighted by atomic mass is 16.5. The minimum atomic E-state index is -0.451. The fraction of sp³-hybridized carbons (Fsp3) is 0.417. The van der Waals surface area contributed by atoms with Gasteiger partial charge in [-0.3, -0.25) is 4.79 Å². The summed E-state index contributed by atoms with van der Waals surface area (Å²) in [6, 6.07) is 7.29. The lowest BCUT2D eigenvalue weighted by Gasteiger charge is -2.16. The molecule has 0 atom stereocenters. The number of nitrogens with two attached hydrogens (primary N) is 1. The molecule has 1 aromatic rings. The molecule has 0 aliphatic rings. The van der Waals surface area contributed by atoms with Crippen LogP contribution in [0.15, 0.2) is 24.3 Å². The molecule has 0 aromatic heterocycles. The Balaban J connectivity index is 2.51. The third-order valence-electron chi connectivity index (χ3n) is 1.96. The van der Waals surface area contributed by atoms with Crippen LogP contribution in [0.4, 0.5) is 5.69 Å². The highest BCUT2D eigenvalue weighted by Crippen LogP contribution is 2.16. The SMILES string of the molecule is CC(C)(C)C(=O)OCc1ccc(N)cc1. The van der Waals surface area contributed by atoms with Crippen LogP contribution in [0.25, 0.3) is 0 Å². The van der Waals surface area contributed by atoms with Crippen LogP contribution in [0.5, 0.6) is 0 Å². The van der Waals surface area contributed by atoms with Crippen LogP contribution >= 0.6 is 0 Å². The molecule has 1 rings (SSSR count). The Morgan fingerprint density at radius 2 is 1.80 bits per heavy atom. The van der Waals surface area contributed by atoms with Crippen LogP contribution in [-0.4, -0.2) is 5.97 Å². The fourth-order valence-corrected chi connectivity index (χ4v) is 0.979. The summed E-state index contributed by atoms with van der Waals surface area (Å²) < 4.78 is 5.15. The van der Waals surface area contributed by atoms with E-state index in [0.29, 0.717) is 12.3 Å². The molecule has 0 unspecified atom stereocenters. The van der Waals surface area contributed by atoms with Gasteiger partial charge < -0.3 is 10.5 Å². The molecule has 3 heteroatoms. The molecular formula is C12H17NO2. The molecule has 0 heterocycles. The largest absolute Gasteiger partial charge is 0.460 e. The Morgan fingerprint density at radius 3 is 2.27 bits per heavy atom. The second-order valence-electron chi connectivity index (χ2n) is 4.57. The van der Waals surface area contributed by atoms with Crippen molar-refractivity contribution in [3.8, 4) is 0 Å². The van der Waals surface area contributed by atoms with Gasteiger partial charge in [-0.2, -0.15) is 0 Å². The van der Waals surface area contributed by atoms with Crippen LogP contribution in [0.2, 0.25) is 0 Å². The minimum absolute atomic E-state index is 0.195. The van der Waals surface area contributed by atoms with Crippen LogP contribution in [0.1, 0.15) is 26.3 Å². The predicted molar refractivity (Wildman–Crippen MR) is 60.1 cm³/mol. The topological polar surface area (TPSA) is 52.3 Å². The summed E-state index contributed by atoms with van der Waals surface area (Å²) in [5, 5.41) is 0. The van der Waals surface area contributed by atoms with E-state index in [-0.39, 0.29) is 5.97 Å². The molecule has 0 saturated heterocycles. The van der Waals surface area contributed by atoms with Crippen molar-refractivity contribution in [3.05, 3.63) is 29.8 Å². The zero-order valence-corrected chi connectivity index (χ0v) is 9.41. The van der Waals surface area contributed by atoms with Crippen molar-refractivity contribution in [1.29, 1.82) is 0 Å². The van der Waals surface area contributed by atoms with Crippen molar-refractivity contribution in [3.63, 3.8) is 0 Å². The van der Waals surface area contributed by atoms with E-state index in [1.54, 1.807) is 12.1 Å². The number of nitrogen functional groups attached to an aromatic ring is 1. The van der Waals surface area contributed by atoms with Gasteiger partial charge in [-0.15, -0.1) is 0 Å². The van der Waals surface area contributed by atoms with Crippen LogP contribution in [-0.2, 0) is 16.1 Å². The highest BCUT2D eigenvalue weighted by molar-refractivity contribution is 5.75. The van der Waals surface area contributed by atoms with E-state index in [2.05, 4.69) is 0 Å². The Hall–Kier alpha value is -1.51. The Bertz CT molecular complexity index is 336. The zero-order valence-electron chi connectivity index (χ0n) is 9.41. The van der Waals surface area contributed by atoms with Crippen molar-refractivity contribution < 1.29 is 9.53 Å². The zero-order chi connectivity index (χ0) is 11.5. The lowest BCUT2D eigenvalue weighted by molar-refractivity contribution is -0.154. The van der Waals surface area contributed by atoms with E-state index in [1.807, 2.05) is 32.9 Å². The third kappa shape index (κ3) is 3.62. The summed E-state index contributed by atoms with van der Waals surface area (Å²) in [4.78, 5) is 11.5. The number of carbonyl (C=O) groups excluding carboxylic acids is 1. The van der Waals surface area contributed by atoms with E-state index in [4.69, 9.17) is 10.5 Å². The number of carbonyl (C=O) groups is 1. The molecule has 0 fully saturated rings. The smallest absolute Gasteiger partial charge is 0.311 e. The van der Waals surface area contributed by atoms with Gasteiger partial charge in [0.1, 0.15) is 6.61 Å². The van der Waals surface area contributed by atoms with Crippen LogP contribution < -0.4 is 5.73 Å². The van der Waals surface area contributed by atoms with Gasteiger partial charge in [0.2, 0.25) is 0 Å². The maximum Gasteiger partial charge on any atom is 0.311 e. The number of esters is 1. The molecule has 1 aromatic carbocycles. The van der Waals surface area contributed by atoms with Crippen molar-refractivity contribution in [1.82, 2.24) is 0 Å². The molecule has 2 N–H and O–H groups in total. The van der Waals surface area contributed by atoms with E-state index in [9.17, 15) is 4.79 Å². The van der Waals surface area contributed by atoms with Crippen molar-refractivity contribution in [2.45, 2.75) is 27.4 Å². The Kier molecular flexibility index (Phi) is 3.35. The molecule has 82 valence electrons. The number of hydrogen-bond acceptors (Lipinski definition) is 3. The minimum Gasteiger partial charge on any atom is -0.460 e. The lowest BCUT2D eigenvalue weighted by Crippen LogP contribution is -2.22. The van der Waals surface area contributed by atoms with Crippen molar-refractivity contribution in [2.24, 2.45) is 5.41 Å². The van der Waals surface area contributed by atoms with Crippen LogP contribution in [0, 0.1) is 5.41 Å². The first-order valence-electron chi connectivity index (χ1n) is 4.91. The van der Waals surface area contributed by atoms with Crippen LogP contribution in [0.3, 0.4) is 0 Å². The monoisotopic (exact) mass is 207 g/mol. The molecule has 3 nitrogen and oxygen atoms in total. The maximum absolute atomic E-state index is 11.5. The van der Waals surface area contributed by atoms with Gasteiger partial charge in [0.05, 0.1) is 5.41 Å². The number of hydrogen-bond donors (Lipinski definition) is 1. The molecule has 15 heavy (non-hydrogen) atoms. The first-order chi connectivity index (χ1) is 6.89. The molecule has 0 saturated carbocycles. The summed E-state index contributed by atoms with van der Waals surface area (Å²) >= 11 is 0. The summed E-state index contributed by atoms with van der Waals surface area (Å²) in [6.07, 6.45) is 0. The normalized spacial score (nSPS) is 11.1. The first-order valence-corrected chi connectivity index (χ1v) is 4.91. The fourth-order valence-electron chi connectivity index (χ4n) is 0.979. The van der Waals surface area contributed by atoms with E-state index in [0.717, 1.165) is 5.56 Å². The maximum atomic E-state index is 11.5. The summed E-state index contributed by atoms with van der Waals surface area (Å²) in [5.41, 5.74) is 6.75. The molecule has 0 aliphatic carbocycles. The van der Waals surface area contributed by atoms with Gasteiger partial charge in [0, 0.05) is 5.69 Å².